The number of aryl methyl sites for hydroxylation is 1. The minimum absolute atomic E-state index is 0. The first-order valence-corrected chi connectivity index (χ1v) is 8.53. The Hall–Kier alpha value is -1.59. The summed E-state index contributed by atoms with van der Waals surface area (Å²) in [6.07, 6.45) is 3.75. The molecule has 132 valence electrons. The van der Waals surface area contributed by atoms with E-state index in [9.17, 15) is 9.59 Å². The molecular formula is C18H26ClN3O2. The van der Waals surface area contributed by atoms with Crippen LogP contribution in [0.25, 0.3) is 0 Å². The molecule has 0 saturated carbocycles. The molecule has 0 aliphatic carbocycles. The molecule has 0 spiro atoms. The highest BCUT2D eigenvalue weighted by molar-refractivity contribution is 5.99. The smallest absolute Gasteiger partial charge is 0.228 e. The summed E-state index contributed by atoms with van der Waals surface area (Å²) in [5.74, 6) is 0.712. The van der Waals surface area contributed by atoms with Gasteiger partial charge in [-0.3, -0.25) is 9.59 Å². The predicted molar refractivity (Wildman–Crippen MR) is 97.5 cm³/mol. The van der Waals surface area contributed by atoms with Crippen molar-refractivity contribution in [2.24, 2.45) is 5.92 Å². The van der Waals surface area contributed by atoms with Gasteiger partial charge in [0, 0.05) is 18.2 Å². The van der Waals surface area contributed by atoms with Gasteiger partial charge in [0.15, 0.2) is 0 Å². The van der Waals surface area contributed by atoms with Gasteiger partial charge in [0.05, 0.1) is 6.42 Å². The SMILES string of the molecule is CC1CNCCC1NC(=O)CCCc1ccc2c(c1)CC(=O)N2.Cl. The molecule has 2 amide bonds. The normalized spacial score (nSPS) is 22.3. The van der Waals surface area contributed by atoms with E-state index in [1.165, 1.54) is 5.56 Å². The van der Waals surface area contributed by atoms with Crippen molar-refractivity contribution in [3.05, 3.63) is 29.3 Å². The predicted octanol–water partition coefficient (Wildman–Crippen LogP) is 2.04. The van der Waals surface area contributed by atoms with Gasteiger partial charge in [-0.25, -0.2) is 0 Å². The van der Waals surface area contributed by atoms with Crippen molar-refractivity contribution in [2.75, 3.05) is 18.4 Å². The van der Waals surface area contributed by atoms with E-state index < -0.39 is 0 Å². The second-order valence-electron chi connectivity index (χ2n) is 6.71. The van der Waals surface area contributed by atoms with Crippen molar-refractivity contribution in [2.45, 2.75) is 45.1 Å². The number of carbonyl (C=O) groups excluding carboxylic acids is 2. The molecule has 0 radical (unpaired) electrons. The van der Waals surface area contributed by atoms with Crippen molar-refractivity contribution in [1.29, 1.82) is 0 Å². The molecule has 1 aromatic rings. The van der Waals surface area contributed by atoms with Crippen LogP contribution in [0.2, 0.25) is 0 Å². The van der Waals surface area contributed by atoms with Gasteiger partial charge in [0.1, 0.15) is 0 Å². The Morgan fingerprint density at radius 2 is 2.21 bits per heavy atom. The summed E-state index contributed by atoms with van der Waals surface area (Å²) < 4.78 is 0. The number of nitrogens with one attached hydrogen (secondary N) is 3. The first kappa shape index (κ1) is 18.7. The first-order valence-electron chi connectivity index (χ1n) is 8.53. The third kappa shape index (κ3) is 4.71. The highest BCUT2D eigenvalue weighted by Crippen LogP contribution is 2.24. The second kappa shape index (κ2) is 8.49. The van der Waals surface area contributed by atoms with Crippen LogP contribution in [-0.2, 0) is 22.4 Å². The zero-order chi connectivity index (χ0) is 16.2. The average molecular weight is 352 g/mol. The van der Waals surface area contributed by atoms with E-state index in [2.05, 4.69) is 28.9 Å². The molecule has 6 heteroatoms. The van der Waals surface area contributed by atoms with Gasteiger partial charge in [-0.15, -0.1) is 12.4 Å². The van der Waals surface area contributed by atoms with Crippen LogP contribution in [0, 0.1) is 5.92 Å². The lowest BCUT2D eigenvalue weighted by molar-refractivity contribution is -0.122. The lowest BCUT2D eigenvalue weighted by Crippen LogP contribution is -2.48. The summed E-state index contributed by atoms with van der Waals surface area (Å²) in [7, 11) is 0. The van der Waals surface area contributed by atoms with Crippen LogP contribution in [-0.4, -0.2) is 30.9 Å². The summed E-state index contributed by atoms with van der Waals surface area (Å²) in [6, 6.07) is 6.39. The molecule has 1 aromatic carbocycles. The molecule has 0 bridgehead atoms. The third-order valence-electron chi connectivity index (χ3n) is 4.80. The van der Waals surface area contributed by atoms with E-state index in [4.69, 9.17) is 0 Å². The van der Waals surface area contributed by atoms with Gasteiger partial charge in [-0.2, -0.15) is 0 Å². The molecule has 0 aromatic heterocycles. The number of piperidine rings is 1. The van der Waals surface area contributed by atoms with Gasteiger partial charge in [-0.05, 0) is 55.5 Å². The van der Waals surface area contributed by atoms with Crippen molar-refractivity contribution in [1.82, 2.24) is 10.6 Å². The molecule has 1 fully saturated rings. The van der Waals surface area contributed by atoms with Gasteiger partial charge >= 0.3 is 0 Å². The molecule has 5 nitrogen and oxygen atoms in total. The molecule has 2 aliphatic rings. The number of halogens is 1. The lowest BCUT2D eigenvalue weighted by Gasteiger charge is -2.30. The molecule has 3 rings (SSSR count). The molecular weight excluding hydrogens is 326 g/mol. The number of fused-ring (bicyclic) bond motifs is 1. The fourth-order valence-corrected chi connectivity index (χ4v) is 3.40. The molecule has 2 heterocycles. The molecule has 2 unspecified atom stereocenters. The zero-order valence-electron chi connectivity index (χ0n) is 14.1. The minimum atomic E-state index is 0. The number of anilines is 1. The average Bonchev–Trinajstić information content (AvgIpc) is 2.89. The van der Waals surface area contributed by atoms with Crippen LogP contribution in [0.3, 0.4) is 0 Å². The maximum atomic E-state index is 12.1. The fourth-order valence-electron chi connectivity index (χ4n) is 3.40. The van der Waals surface area contributed by atoms with Gasteiger partial charge in [0.25, 0.3) is 0 Å². The monoisotopic (exact) mass is 351 g/mol. The number of hydrogen-bond acceptors (Lipinski definition) is 3. The number of carbonyl (C=O) groups is 2. The highest BCUT2D eigenvalue weighted by atomic mass is 35.5. The lowest BCUT2D eigenvalue weighted by atomic mass is 9.95. The van der Waals surface area contributed by atoms with Crippen LogP contribution >= 0.6 is 12.4 Å². The summed E-state index contributed by atoms with van der Waals surface area (Å²) >= 11 is 0. The Kier molecular flexibility index (Phi) is 6.63. The van der Waals surface area contributed by atoms with Crippen LogP contribution in [0.1, 0.15) is 37.3 Å². The van der Waals surface area contributed by atoms with E-state index in [0.717, 1.165) is 43.6 Å². The summed E-state index contributed by atoms with van der Waals surface area (Å²) in [6.45, 7) is 4.14. The summed E-state index contributed by atoms with van der Waals surface area (Å²) in [4.78, 5) is 23.5. The van der Waals surface area contributed by atoms with Gasteiger partial charge < -0.3 is 16.0 Å². The molecule has 3 N–H and O–H groups in total. The Labute approximate surface area is 149 Å². The van der Waals surface area contributed by atoms with E-state index in [1.807, 2.05) is 12.1 Å². The standard InChI is InChI=1S/C18H25N3O2.ClH/c1-12-11-19-8-7-15(12)20-17(22)4-2-3-13-5-6-16-14(9-13)10-18(23)21-16;/h5-6,9,12,15,19H,2-4,7-8,10-11H2,1H3,(H,20,22)(H,21,23);1H. The summed E-state index contributed by atoms with van der Waals surface area (Å²) in [5, 5.41) is 9.35. The van der Waals surface area contributed by atoms with Crippen LogP contribution in [0.5, 0.6) is 0 Å². The van der Waals surface area contributed by atoms with E-state index >= 15 is 0 Å². The second-order valence-corrected chi connectivity index (χ2v) is 6.71. The van der Waals surface area contributed by atoms with Crippen molar-refractivity contribution >= 4 is 29.9 Å². The Morgan fingerprint density at radius 3 is 3.00 bits per heavy atom. The number of rotatable bonds is 5. The van der Waals surface area contributed by atoms with Crippen molar-refractivity contribution in [3.8, 4) is 0 Å². The van der Waals surface area contributed by atoms with Crippen molar-refractivity contribution in [3.63, 3.8) is 0 Å². The largest absolute Gasteiger partial charge is 0.353 e. The third-order valence-corrected chi connectivity index (χ3v) is 4.80. The maximum absolute atomic E-state index is 12.1. The Balaban J connectivity index is 0.00000208. The highest BCUT2D eigenvalue weighted by Gasteiger charge is 2.22. The topological polar surface area (TPSA) is 70.2 Å². The first-order chi connectivity index (χ1) is 11.1. The molecule has 2 aliphatic heterocycles. The van der Waals surface area contributed by atoms with E-state index in [0.29, 0.717) is 24.8 Å². The Morgan fingerprint density at radius 1 is 1.38 bits per heavy atom. The summed E-state index contributed by atoms with van der Waals surface area (Å²) in [5.41, 5.74) is 3.19. The minimum Gasteiger partial charge on any atom is -0.353 e. The van der Waals surface area contributed by atoms with Crippen LogP contribution in [0.4, 0.5) is 5.69 Å². The van der Waals surface area contributed by atoms with Gasteiger partial charge in [-0.1, -0.05) is 19.1 Å². The number of amides is 2. The van der Waals surface area contributed by atoms with E-state index in [-0.39, 0.29) is 24.2 Å². The van der Waals surface area contributed by atoms with Gasteiger partial charge in [0.2, 0.25) is 11.8 Å². The Bertz CT molecular complexity index is 606. The number of benzene rings is 1. The molecule has 24 heavy (non-hydrogen) atoms. The number of hydrogen-bond donors (Lipinski definition) is 3. The quantitative estimate of drug-likeness (QED) is 0.760. The fraction of sp³-hybridized carbons (Fsp3) is 0.556. The van der Waals surface area contributed by atoms with E-state index in [1.54, 1.807) is 0 Å². The zero-order valence-corrected chi connectivity index (χ0v) is 14.9. The maximum Gasteiger partial charge on any atom is 0.228 e. The van der Waals surface area contributed by atoms with Crippen molar-refractivity contribution < 1.29 is 9.59 Å². The molecule has 1 saturated heterocycles. The van der Waals surface area contributed by atoms with Crippen LogP contribution < -0.4 is 16.0 Å². The molecule has 2 atom stereocenters. The van der Waals surface area contributed by atoms with Crippen LogP contribution in [0.15, 0.2) is 18.2 Å².